The number of para-hydroxylation sites is 1. The van der Waals surface area contributed by atoms with Gasteiger partial charge in [-0.05, 0) is 50.1 Å². The molecule has 3 rings (SSSR count). The molecule has 0 radical (unpaired) electrons. The zero-order chi connectivity index (χ0) is 20.6. The van der Waals surface area contributed by atoms with Gasteiger partial charge in [-0.2, -0.15) is 0 Å². The first-order chi connectivity index (χ1) is 14.1. The van der Waals surface area contributed by atoms with Gasteiger partial charge in [-0.1, -0.05) is 29.4 Å². The van der Waals surface area contributed by atoms with Crippen molar-refractivity contribution in [2.24, 2.45) is 0 Å². The van der Waals surface area contributed by atoms with Crippen molar-refractivity contribution in [2.75, 3.05) is 20.3 Å². The van der Waals surface area contributed by atoms with E-state index < -0.39 is 0 Å². The number of aryl methyl sites for hydroxylation is 3. The number of nitrogens with zero attached hydrogens (tertiary/aromatic N) is 1. The first kappa shape index (κ1) is 20.7. The maximum atomic E-state index is 5.93. The van der Waals surface area contributed by atoms with E-state index >= 15 is 0 Å². The maximum Gasteiger partial charge on any atom is 0.161 e. The van der Waals surface area contributed by atoms with Crippen molar-refractivity contribution >= 4 is 0 Å². The quantitative estimate of drug-likeness (QED) is 0.514. The normalized spacial score (nSPS) is 10.8. The van der Waals surface area contributed by atoms with E-state index in [1.165, 1.54) is 0 Å². The summed E-state index contributed by atoms with van der Waals surface area (Å²) in [5, 5.41) is 7.34. The third kappa shape index (κ3) is 5.51. The summed E-state index contributed by atoms with van der Waals surface area (Å²) >= 11 is 0. The standard InChI is InChI=1S/C23H28N2O4/c1-16-7-5-6-8-21(16)27-12-11-24-14-19-9-10-22(23(13-19)26-4)28-15-20-17(2)25-29-18(20)3/h5-10,13,24H,11-12,14-15H2,1-4H3. The highest BCUT2D eigenvalue weighted by Gasteiger charge is 2.12. The molecular weight excluding hydrogens is 368 g/mol. The number of ether oxygens (including phenoxy) is 3. The minimum Gasteiger partial charge on any atom is -0.493 e. The highest BCUT2D eigenvalue weighted by molar-refractivity contribution is 5.43. The van der Waals surface area contributed by atoms with Crippen LogP contribution in [-0.2, 0) is 13.2 Å². The van der Waals surface area contributed by atoms with Gasteiger partial charge < -0.3 is 24.1 Å². The third-order valence-electron chi connectivity index (χ3n) is 4.74. The average molecular weight is 396 g/mol. The van der Waals surface area contributed by atoms with Crippen molar-refractivity contribution in [3.8, 4) is 17.2 Å². The Kier molecular flexibility index (Phi) is 7.14. The van der Waals surface area contributed by atoms with Crippen LogP contribution in [0.25, 0.3) is 0 Å². The van der Waals surface area contributed by atoms with E-state index in [9.17, 15) is 0 Å². The van der Waals surface area contributed by atoms with Gasteiger partial charge in [0.05, 0.1) is 18.4 Å². The third-order valence-corrected chi connectivity index (χ3v) is 4.74. The van der Waals surface area contributed by atoms with Gasteiger partial charge >= 0.3 is 0 Å². The Labute approximate surface area is 171 Å². The second kappa shape index (κ2) is 9.98. The van der Waals surface area contributed by atoms with Crippen molar-refractivity contribution in [1.29, 1.82) is 0 Å². The van der Waals surface area contributed by atoms with E-state index in [1.807, 2.05) is 63.2 Å². The number of hydrogen-bond donors (Lipinski definition) is 1. The molecule has 3 aromatic rings. The lowest BCUT2D eigenvalue weighted by Crippen LogP contribution is -2.20. The molecular formula is C23H28N2O4. The van der Waals surface area contributed by atoms with E-state index in [-0.39, 0.29) is 0 Å². The van der Waals surface area contributed by atoms with Crippen molar-refractivity contribution in [3.05, 3.63) is 70.6 Å². The molecule has 2 aromatic carbocycles. The summed E-state index contributed by atoms with van der Waals surface area (Å²) in [4.78, 5) is 0. The van der Waals surface area contributed by atoms with Gasteiger partial charge in [0.25, 0.3) is 0 Å². The molecule has 0 atom stereocenters. The Hall–Kier alpha value is -2.99. The second-order valence-electron chi connectivity index (χ2n) is 6.87. The number of rotatable bonds is 10. The van der Waals surface area contributed by atoms with Crippen molar-refractivity contribution in [2.45, 2.75) is 33.9 Å². The molecule has 6 nitrogen and oxygen atoms in total. The van der Waals surface area contributed by atoms with Gasteiger partial charge in [-0.25, -0.2) is 0 Å². The highest BCUT2D eigenvalue weighted by atomic mass is 16.5. The first-order valence-corrected chi connectivity index (χ1v) is 9.69. The molecule has 6 heteroatoms. The molecule has 0 fully saturated rings. The summed E-state index contributed by atoms with van der Waals surface area (Å²) in [5.74, 6) is 3.09. The molecule has 0 saturated heterocycles. The molecule has 0 aliphatic carbocycles. The Morgan fingerprint density at radius 1 is 0.966 bits per heavy atom. The zero-order valence-corrected chi connectivity index (χ0v) is 17.5. The number of nitrogens with one attached hydrogen (secondary N) is 1. The van der Waals surface area contributed by atoms with Crippen LogP contribution < -0.4 is 19.5 Å². The number of benzene rings is 2. The lowest BCUT2D eigenvalue weighted by atomic mass is 10.2. The number of hydrogen-bond acceptors (Lipinski definition) is 6. The molecule has 154 valence electrons. The van der Waals surface area contributed by atoms with Gasteiger partial charge in [0.1, 0.15) is 24.7 Å². The van der Waals surface area contributed by atoms with Crippen LogP contribution in [0.4, 0.5) is 0 Å². The highest BCUT2D eigenvalue weighted by Crippen LogP contribution is 2.29. The fourth-order valence-corrected chi connectivity index (χ4v) is 2.98. The predicted molar refractivity (Wildman–Crippen MR) is 112 cm³/mol. The Morgan fingerprint density at radius 2 is 1.79 bits per heavy atom. The lowest BCUT2D eigenvalue weighted by Gasteiger charge is -2.13. The molecule has 1 heterocycles. The van der Waals surface area contributed by atoms with Crippen LogP contribution in [0.5, 0.6) is 17.2 Å². The first-order valence-electron chi connectivity index (χ1n) is 9.69. The Bertz CT molecular complexity index is 917. The van der Waals surface area contributed by atoms with Crippen molar-refractivity contribution in [3.63, 3.8) is 0 Å². The molecule has 29 heavy (non-hydrogen) atoms. The van der Waals surface area contributed by atoms with Crippen LogP contribution >= 0.6 is 0 Å². The predicted octanol–water partition coefficient (Wildman–Crippen LogP) is 4.36. The minimum atomic E-state index is 0.394. The zero-order valence-electron chi connectivity index (χ0n) is 17.5. The van der Waals surface area contributed by atoms with Crippen LogP contribution in [0, 0.1) is 20.8 Å². The molecule has 0 amide bonds. The van der Waals surface area contributed by atoms with E-state index in [4.69, 9.17) is 18.7 Å². The molecule has 0 spiro atoms. The molecule has 0 saturated carbocycles. The molecule has 0 unspecified atom stereocenters. The van der Waals surface area contributed by atoms with E-state index in [1.54, 1.807) is 7.11 Å². The molecule has 1 aromatic heterocycles. The Balaban J connectivity index is 1.49. The maximum absolute atomic E-state index is 5.93. The van der Waals surface area contributed by atoms with Gasteiger partial charge in [0.2, 0.25) is 0 Å². The van der Waals surface area contributed by atoms with E-state index in [0.29, 0.717) is 24.7 Å². The van der Waals surface area contributed by atoms with Crippen molar-refractivity contribution < 1.29 is 18.7 Å². The molecule has 0 bridgehead atoms. The van der Waals surface area contributed by atoms with Gasteiger partial charge in [0.15, 0.2) is 11.5 Å². The SMILES string of the molecule is COc1cc(CNCCOc2ccccc2C)ccc1OCc1c(C)noc1C. The fourth-order valence-electron chi connectivity index (χ4n) is 2.98. The topological polar surface area (TPSA) is 65.8 Å². The second-order valence-corrected chi connectivity index (χ2v) is 6.87. The number of aromatic nitrogens is 1. The summed E-state index contributed by atoms with van der Waals surface area (Å²) in [6.07, 6.45) is 0. The minimum absolute atomic E-state index is 0.394. The van der Waals surface area contributed by atoms with Crippen LogP contribution in [0.15, 0.2) is 47.0 Å². The van der Waals surface area contributed by atoms with Gasteiger partial charge in [-0.3, -0.25) is 0 Å². The lowest BCUT2D eigenvalue weighted by molar-refractivity contribution is 0.281. The summed E-state index contributed by atoms with van der Waals surface area (Å²) in [5.41, 5.74) is 4.06. The van der Waals surface area contributed by atoms with E-state index in [2.05, 4.69) is 10.5 Å². The molecule has 0 aliphatic rings. The summed E-state index contributed by atoms with van der Waals surface area (Å²) < 4.78 is 22.4. The monoisotopic (exact) mass is 396 g/mol. The van der Waals surface area contributed by atoms with Crippen LogP contribution in [-0.4, -0.2) is 25.4 Å². The van der Waals surface area contributed by atoms with Crippen LogP contribution in [0.3, 0.4) is 0 Å². The summed E-state index contributed by atoms with van der Waals surface area (Å²) in [7, 11) is 1.64. The largest absolute Gasteiger partial charge is 0.493 e. The van der Waals surface area contributed by atoms with Crippen LogP contribution in [0.1, 0.15) is 28.1 Å². The Morgan fingerprint density at radius 3 is 2.52 bits per heavy atom. The van der Waals surface area contributed by atoms with Gasteiger partial charge in [0, 0.05) is 13.1 Å². The number of methoxy groups -OCH3 is 1. The molecule has 0 aliphatic heterocycles. The molecule has 1 N–H and O–H groups in total. The van der Waals surface area contributed by atoms with E-state index in [0.717, 1.165) is 47.0 Å². The average Bonchev–Trinajstić information content (AvgIpc) is 3.05. The fraction of sp³-hybridized carbons (Fsp3) is 0.348. The van der Waals surface area contributed by atoms with Crippen molar-refractivity contribution in [1.82, 2.24) is 10.5 Å². The smallest absolute Gasteiger partial charge is 0.161 e. The summed E-state index contributed by atoms with van der Waals surface area (Å²) in [6.45, 7) is 8.31. The summed E-state index contributed by atoms with van der Waals surface area (Å²) in [6, 6.07) is 14.0. The van der Waals surface area contributed by atoms with Gasteiger partial charge in [-0.15, -0.1) is 0 Å². The van der Waals surface area contributed by atoms with Crippen LogP contribution in [0.2, 0.25) is 0 Å².